The van der Waals surface area contributed by atoms with Crippen molar-refractivity contribution in [3.63, 3.8) is 0 Å². The first-order chi connectivity index (χ1) is 16.1. The van der Waals surface area contributed by atoms with E-state index in [1.54, 1.807) is 48.2 Å². The van der Waals surface area contributed by atoms with Gasteiger partial charge >= 0.3 is 5.69 Å². The van der Waals surface area contributed by atoms with Crippen LogP contribution in [0.3, 0.4) is 0 Å². The van der Waals surface area contributed by atoms with Gasteiger partial charge in [0.05, 0.1) is 31.7 Å². The molecule has 2 heterocycles. The van der Waals surface area contributed by atoms with Gasteiger partial charge in [0, 0.05) is 13.1 Å². The number of nitriles is 1. The van der Waals surface area contributed by atoms with Crippen LogP contribution < -0.4 is 30.5 Å². The lowest BCUT2D eigenvalue weighted by Crippen LogP contribution is -2.51. The van der Waals surface area contributed by atoms with Crippen LogP contribution in [-0.4, -0.2) is 43.2 Å². The third kappa shape index (κ3) is 4.37. The molecule has 1 fully saturated rings. The van der Waals surface area contributed by atoms with E-state index >= 15 is 0 Å². The van der Waals surface area contributed by atoms with E-state index in [-0.39, 0.29) is 13.2 Å². The molecule has 0 atom stereocenters. The monoisotopic (exact) mass is 450 g/mol. The Bertz CT molecular complexity index is 1320. The Morgan fingerprint density at radius 1 is 0.970 bits per heavy atom. The molecule has 0 N–H and O–H groups in total. The van der Waals surface area contributed by atoms with Crippen LogP contribution in [-0.2, 0) is 6.54 Å². The number of aromatic nitrogens is 2. The Morgan fingerprint density at radius 3 is 2.42 bits per heavy atom. The van der Waals surface area contributed by atoms with Crippen LogP contribution in [0.2, 0.25) is 0 Å². The van der Waals surface area contributed by atoms with Crippen LogP contribution >= 0.6 is 0 Å². The minimum atomic E-state index is -0.416. The molecular formula is C24H26N4O5. The zero-order chi connectivity index (χ0) is 23.4. The van der Waals surface area contributed by atoms with Crippen molar-refractivity contribution in [1.29, 1.82) is 5.26 Å². The maximum Gasteiger partial charge on any atom is 0.350 e. The molecule has 2 aromatic carbocycles. The van der Waals surface area contributed by atoms with Crippen molar-refractivity contribution in [3.8, 4) is 23.3 Å². The van der Waals surface area contributed by atoms with Crippen molar-refractivity contribution in [2.75, 3.05) is 38.9 Å². The van der Waals surface area contributed by atoms with E-state index in [9.17, 15) is 9.59 Å². The molecule has 9 heteroatoms. The van der Waals surface area contributed by atoms with E-state index in [1.807, 2.05) is 11.1 Å². The summed E-state index contributed by atoms with van der Waals surface area (Å²) in [4.78, 5) is 27.0. The van der Waals surface area contributed by atoms with Gasteiger partial charge in [0.2, 0.25) is 0 Å². The fourth-order valence-corrected chi connectivity index (χ4v) is 4.18. The lowest BCUT2D eigenvalue weighted by atomic mass is 10.1. The average Bonchev–Trinajstić information content (AvgIpc) is 2.86. The molecule has 1 saturated heterocycles. The van der Waals surface area contributed by atoms with Crippen molar-refractivity contribution >= 4 is 10.9 Å². The van der Waals surface area contributed by atoms with E-state index in [2.05, 4.69) is 0 Å². The summed E-state index contributed by atoms with van der Waals surface area (Å²) in [6, 6.07) is 12.2. The molecule has 0 unspecified atom stereocenters. The highest BCUT2D eigenvalue weighted by molar-refractivity contribution is 5.80. The molecule has 1 aliphatic rings. The van der Waals surface area contributed by atoms with Gasteiger partial charge in [-0.3, -0.25) is 9.36 Å². The van der Waals surface area contributed by atoms with Gasteiger partial charge in [-0.2, -0.15) is 5.26 Å². The molecule has 3 aromatic rings. The van der Waals surface area contributed by atoms with Crippen molar-refractivity contribution < 1.29 is 14.2 Å². The van der Waals surface area contributed by atoms with Gasteiger partial charge < -0.3 is 19.2 Å². The Balaban J connectivity index is 1.88. The number of nitrogens with zero attached hydrogens (tertiary/aromatic N) is 4. The SMILES string of the molecule is COc1ccc(Cn2c(=O)c3cc(OCC#N)ccc3n(N3CCCCC3)c2=O)cc1OC. The number of hydrogen-bond acceptors (Lipinski definition) is 7. The molecule has 4 rings (SSSR count). The summed E-state index contributed by atoms with van der Waals surface area (Å²) in [7, 11) is 3.09. The highest BCUT2D eigenvalue weighted by Crippen LogP contribution is 2.27. The molecule has 172 valence electrons. The summed E-state index contributed by atoms with van der Waals surface area (Å²) in [6.07, 6.45) is 3.07. The number of hydrogen-bond donors (Lipinski definition) is 0. The fourth-order valence-electron chi connectivity index (χ4n) is 4.18. The minimum absolute atomic E-state index is 0.0745. The highest BCUT2D eigenvalue weighted by atomic mass is 16.5. The van der Waals surface area contributed by atoms with Crippen LogP contribution in [0.4, 0.5) is 0 Å². The van der Waals surface area contributed by atoms with Gasteiger partial charge in [-0.05, 0) is 55.2 Å². The molecule has 0 bridgehead atoms. The van der Waals surface area contributed by atoms with Gasteiger partial charge in [-0.15, -0.1) is 0 Å². The molecule has 0 spiro atoms. The number of fused-ring (bicyclic) bond motifs is 1. The normalized spacial score (nSPS) is 13.5. The Morgan fingerprint density at radius 2 is 1.73 bits per heavy atom. The summed E-state index contributed by atoms with van der Waals surface area (Å²) in [5, 5.41) is 11.2. The molecule has 1 aliphatic heterocycles. The van der Waals surface area contributed by atoms with Crippen LogP contribution in [0.5, 0.6) is 17.2 Å². The first-order valence-corrected chi connectivity index (χ1v) is 10.8. The number of rotatable bonds is 7. The summed E-state index contributed by atoms with van der Waals surface area (Å²) in [5.74, 6) is 1.49. The molecule has 0 radical (unpaired) electrons. The third-order valence-corrected chi connectivity index (χ3v) is 5.79. The summed E-state index contributed by atoms with van der Waals surface area (Å²) < 4.78 is 18.9. The summed E-state index contributed by atoms with van der Waals surface area (Å²) in [6.45, 7) is 1.41. The number of benzene rings is 2. The van der Waals surface area contributed by atoms with Crippen molar-refractivity contribution in [3.05, 3.63) is 62.8 Å². The minimum Gasteiger partial charge on any atom is -0.493 e. The zero-order valence-corrected chi connectivity index (χ0v) is 18.7. The van der Waals surface area contributed by atoms with E-state index in [0.717, 1.165) is 37.9 Å². The van der Waals surface area contributed by atoms with Crippen LogP contribution in [0.1, 0.15) is 24.8 Å². The number of piperidine rings is 1. The number of ether oxygens (including phenoxy) is 3. The van der Waals surface area contributed by atoms with E-state index in [1.165, 1.54) is 11.7 Å². The van der Waals surface area contributed by atoms with E-state index in [0.29, 0.717) is 28.2 Å². The van der Waals surface area contributed by atoms with Crippen LogP contribution in [0, 0.1) is 11.3 Å². The Labute approximate surface area is 190 Å². The first-order valence-electron chi connectivity index (χ1n) is 10.8. The second-order valence-corrected chi connectivity index (χ2v) is 7.82. The average molecular weight is 450 g/mol. The van der Waals surface area contributed by atoms with Gasteiger partial charge in [0.15, 0.2) is 18.1 Å². The molecule has 0 saturated carbocycles. The predicted octanol–water partition coefficient (Wildman–Crippen LogP) is 2.25. The molecule has 0 aliphatic carbocycles. The maximum atomic E-state index is 13.6. The second kappa shape index (κ2) is 9.69. The van der Waals surface area contributed by atoms with Crippen molar-refractivity contribution in [1.82, 2.24) is 9.24 Å². The lowest BCUT2D eigenvalue weighted by Gasteiger charge is -2.31. The van der Waals surface area contributed by atoms with Crippen molar-refractivity contribution in [2.45, 2.75) is 25.8 Å². The molecule has 0 amide bonds. The largest absolute Gasteiger partial charge is 0.493 e. The first kappa shape index (κ1) is 22.3. The van der Waals surface area contributed by atoms with Gasteiger partial charge in [0.25, 0.3) is 5.56 Å². The maximum absolute atomic E-state index is 13.6. The fraction of sp³-hybridized carbons (Fsp3) is 0.375. The summed E-state index contributed by atoms with van der Waals surface area (Å²) in [5.41, 5.74) is 0.448. The lowest BCUT2D eigenvalue weighted by molar-refractivity contribution is 0.354. The Kier molecular flexibility index (Phi) is 6.54. The molecule has 1 aromatic heterocycles. The Hall–Kier alpha value is -3.93. The van der Waals surface area contributed by atoms with E-state index in [4.69, 9.17) is 19.5 Å². The highest BCUT2D eigenvalue weighted by Gasteiger charge is 2.20. The third-order valence-electron chi connectivity index (χ3n) is 5.79. The van der Waals surface area contributed by atoms with Crippen molar-refractivity contribution in [2.24, 2.45) is 0 Å². The topological polar surface area (TPSA) is 98.7 Å². The molecule has 33 heavy (non-hydrogen) atoms. The smallest absolute Gasteiger partial charge is 0.350 e. The van der Waals surface area contributed by atoms with Gasteiger partial charge in [0.1, 0.15) is 11.8 Å². The quantitative estimate of drug-likeness (QED) is 0.544. The van der Waals surface area contributed by atoms with E-state index < -0.39 is 11.2 Å². The molecular weight excluding hydrogens is 424 g/mol. The second-order valence-electron chi connectivity index (χ2n) is 7.82. The number of methoxy groups -OCH3 is 2. The van der Waals surface area contributed by atoms with Crippen LogP contribution in [0.15, 0.2) is 46.0 Å². The standard InChI is InChI=1S/C24H26N4O5/c1-31-21-9-6-17(14-22(21)32-2)16-27-23(29)19-15-18(33-13-10-25)7-8-20(19)28(24(27)30)26-11-4-3-5-12-26/h6-9,14-15H,3-5,11-13,16H2,1-2H3. The predicted molar refractivity (Wildman–Crippen MR) is 124 cm³/mol. The van der Waals surface area contributed by atoms with Gasteiger partial charge in [-0.25, -0.2) is 9.47 Å². The van der Waals surface area contributed by atoms with Crippen LogP contribution in [0.25, 0.3) is 10.9 Å². The van der Waals surface area contributed by atoms with Gasteiger partial charge in [-0.1, -0.05) is 6.07 Å². The summed E-state index contributed by atoms with van der Waals surface area (Å²) >= 11 is 0. The molecule has 9 nitrogen and oxygen atoms in total. The zero-order valence-electron chi connectivity index (χ0n) is 18.7.